The number of likely N-dealkylation sites (tertiary alicyclic amines) is 1. The molecule has 2 aromatic rings. The van der Waals surface area contributed by atoms with E-state index in [1.807, 2.05) is 12.1 Å². The van der Waals surface area contributed by atoms with Crippen molar-refractivity contribution in [1.82, 2.24) is 15.2 Å². The van der Waals surface area contributed by atoms with Crippen LogP contribution >= 0.6 is 0 Å². The average Bonchev–Trinajstić information content (AvgIpc) is 3.06. The number of benzene rings is 1. The van der Waals surface area contributed by atoms with Crippen LogP contribution in [0, 0.1) is 13.8 Å². The molecule has 2 aliphatic heterocycles. The van der Waals surface area contributed by atoms with Gasteiger partial charge in [0.15, 0.2) is 0 Å². The molecule has 1 spiro atoms. The number of pyridine rings is 1. The summed E-state index contributed by atoms with van der Waals surface area (Å²) in [5, 5.41) is 3.09. The summed E-state index contributed by atoms with van der Waals surface area (Å²) in [5.41, 5.74) is 4.43. The van der Waals surface area contributed by atoms with Crippen molar-refractivity contribution in [1.29, 1.82) is 0 Å². The van der Waals surface area contributed by atoms with Crippen molar-refractivity contribution in [3.63, 3.8) is 0 Å². The lowest BCUT2D eigenvalue weighted by Gasteiger charge is -2.38. The smallest absolute Gasteiger partial charge is 0.270 e. The fourth-order valence-electron chi connectivity index (χ4n) is 4.58. The quantitative estimate of drug-likeness (QED) is 0.886. The fourth-order valence-corrected chi connectivity index (χ4v) is 4.58. The van der Waals surface area contributed by atoms with Crippen molar-refractivity contribution in [2.75, 3.05) is 19.7 Å². The summed E-state index contributed by atoms with van der Waals surface area (Å²) >= 11 is 0. The van der Waals surface area contributed by atoms with Crippen LogP contribution in [-0.4, -0.2) is 47.1 Å². The van der Waals surface area contributed by atoms with Gasteiger partial charge in [0.25, 0.3) is 5.91 Å². The Morgan fingerprint density at radius 1 is 1.21 bits per heavy atom. The second-order valence-electron chi connectivity index (χ2n) is 8.36. The molecule has 2 aliphatic rings. The van der Waals surface area contributed by atoms with Gasteiger partial charge in [0.2, 0.25) is 0 Å². The number of ether oxygens (including phenoxy) is 1. The summed E-state index contributed by atoms with van der Waals surface area (Å²) in [6, 6.07) is 12.3. The Kier molecular flexibility index (Phi) is 5.47. The molecular formula is C23H29N3O2. The van der Waals surface area contributed by atoms with E-state index in [0.29, 0.717) is 12.3 Å². The second-order valence-corrected chi connectivity index (χ2v) is 8.36. The van der Waals surface area contributed by atoms with E-state index in [4.69, 9.17) is 4.74 Å². The van der Waals surface area contributed by atoms with Gasteiger partial charge in [-0.05, 0) is 50.8 Å². The molecule has 1 amide bonds. The van der Waals surface area contributed by atoms with Crippen LogP contribution in [0.5, 0.6) is 0 Å². The lowest BCUT2D eigenvalue weighted by molar-refractivity contribution is -0.0449. The Hall–Kier alpha value is -2.24. The van der Waals surface area contributed by atoms with E-state index in [0.717, 1.165) is 38.9 Å². The summed E-state index contributed by atoms with van der Waals surface area (Å²) in [6.45, 7) is 7.98. The molecule has 1 atom stereocenters. The molecule has 1 N–H and O–H groups in total. The van der Waals surface area contributed by atoms with Gasteiger partial charge in [-0.25, -0.2) is 0 Å². The van der Waals surface area contributed by atoms with Gasteiger partial charge in [0.05, 0.1) is 18.2 Å². The van der Waals surface area contributed by atoms with Crippen molar-refractivity contribution in [3.8, 4) is 0 Å². The summed E-state index contributed by atoms with van der Waals surface area (Å²) in [7, 11) is 0. The molecular weight excluding hydrogens is 350 g/mol. The number of nitrogens with one attached hydrogen (secondary N) is 1. The van der Waals surface area contributed by atoms with Crippen LogP contribution in [0.4, 0.5) is 0 Å². The molecule has 0 bridgehead atoms. The van der Waals surface area contributed by atoms with Gasteiger partial charge >= 0.3 is 0 Å². The molecule has 2 saturated heterocycles. The first-order valence-electron chi connectivity index (χ1n) is 10.2. The van der Waals surface area contributed by atoms with Crippen molar-refractivity contribution in [3.05, 3.63) is 65.0 Å². The highest BCUT2D eigenvalue weighted by atomic mass is 16.5. The highest BCUT2D eigenvalue weighted by Crippen LogP contribution is 2.36. The Labute approximate surface area is 167 Å². The molecule has 1 unspecified atom stereocenters. The lowest BCUT2D eigenvalue weighted by atomic mass is 9.87. The fraction of sp³-hybridized carbons (Fsp3) is 0.478. The first-order valence-corrected chi connectivity index (χ1v) is 10.2. The van der Waals surface area contributed by atoms with Gasteiger partial charge in [-0.1, -0.05) is 35.4 Å². The molecule has 28 heavy (non-hydrogen) atoms. The molecule has 1 aromatic heterocycles. The zero-order chi connectivity index (χ0) is 19.6. The van der Waals surface area contributed by atoms with Crippen LogP contribution in [0.25, 0.3) is 0 Å². The summed E-state index contributed by atoms with van der Waals surface area (Å²) in [4.78, 5) is 19.0. The predicted octanol–water partition coefficient (Wildman–Crippen LogP) is 3.25. The highest BCUT2D eigenvalue weighted by Gasteiger charge is 2.43. The van der Waals surface area contributed by atoms with Crippen LogP contribution in [0.1, 0.15) is 46.4 Å². The lowest BCUT2D eigenvalue weighted by Crippen LogP contribution is -2.44. The van der Waals surface area contributed by atoms with Gasteiger partial charge in [-0.3, -0.25) is 14.7 Å². The van der Waals surface area contributed by atoms with Gasteiger partial charge < -0.3 is 10.1 Å². The van der Waals surface area contributed by atoms with Crippen molar-refractivity contribution < 1.29 is 9.53 Å². The number of rotatable bonds is 4. The first-order chi connectivity index (χ1) is 13.5. The van der Waals surface area contributed by atoms with Crippen molar-refractivity contribution in [2.24, 2.45) is 0 Å². The van der Waals surface area contributed by atoms with E-state index < -0.39 is 0 Å². The molecule has 148 valence electrons. The third-order valence-electron chi connectivity index (χ3n) is 5.90. The largest absolute Gasteiger partial charge is 0.373 e. The number of nitrogens with zero attached hydrogens (tertiary/aromatic N) is 2. The first kappa shape index (κ1) is 19.1. The Morgan fingerprint density at radius 3 is 2.64 bits per heavy atom. The Morgan fingerprint density at radius 2 is 1.96 bits per heavy atom. The normalized spacial score (nSPS) is 21.7. The van der Waals surface area contributed by atoms with Crippen LogP contribution in [0.3, 0.4) is 0 Å². The van der Waals surface area contributed by atoms with Crippen LogP contribution in [0.2, 0.25) is 0 Å². The van der Waals surface area contributed by atoms with E-state index in [2.05, 4.69) is 47.2 Å². The number of aromatic nitrogens is 1. The second kappa shape index (κ2) is 8.02. The molecule has 0 aliphatic carbocycles. The number of amides is 1. The van der Waals surface area contributed by atoms with Gasteiger partial charge in [-0.15, -0.1) is 0 Å². The minimum atomic E-state index is -0.112. The number of piperidine rings is 1. The number of hydrogen-bond donors (Lipinski definition) is 1. The summed E-state index contributed by atoms with van der Waals surface area (Å²) in [5.74, 6) is -0.112. The zero-order valence-corrected chi connectivity index (χ0v) is 16.8. The molecule has 5 nitrogen and oxygen atoms in total. The zero-order valence-electron chi connectivity index (χ0n) is 16.8. The van der Waals surface area contributed by atoms with Crippen molar-refractivity contribution >= 4 is 5.91 Å². The number of carbonyl (C=O) groups is 1. The van der Waals surface area contributed by atoms with Crippen LogP contribution in [-0.2, 0) is 11.3 Å². The molecule has 1 aromatic carbocycles. The molecule has 4 rings (SSSR count). The summed E-state index contributed by atoms with van der Waals surface area (Å²) in [6.07, 6.45) is 4.58. The van der Waals surface area contributed by atoms with E-state index in [9.17, 15) is 4.79 Å². The maximum Gasteiger partial charge on any atom is 0.270 e. The van der Waals surface area contributed by atoms with Gasteiger partial charge in [-0.2, -0.15) is 0 Å². The van der Waals surface area contributed by atoms with E-state index >= 15 is 0 Å². The monoisotopic (exact) mass is 379 g/mol. The Balaban J connectivity index is 1.29. The standard InChI is InChI=1S/C23H29N3O2/c1-17-11-18(2)13-19(12-17)15-26-9-6-23(7-10-26)14-20(16-28-23)25-22(27)21-5-3-4-8-24-21/h3-5,8,11-13,20H,6-7,9-10,14-16H2,1-2H3,(H,25,27). The summed E-state index contributed by atoms with van der Waals surface area (Å²) < 4.78 is 6.21. The minimum absolute atomic E-state index is 0.0699. The molecule has 0 radical (unpaired) electrons. The SMILES string of the molecule is Cc1cc(C)cc(CN2CCC3(CC2)CC(NC(=O)c2ccccn2)CO3)c1. The van der Waals surface area contributed by atoms with Crippen LogP contribution < -0.4 is 5.32 Å². The number of carbonyl (C=O) groups excluding carboxylic acids is 1. The average molecular weight is 380 g/mol. The molecule has 5 heteroatoms. The van der Waals surface area contributed by atoms with Crippen molar-refractivity contribution in [2.45, 2.75) is 51.3 Å². The van der Waals surface area contributed by atoms with Gasteiger partial charge in [0, 0.05) is 25.8 Å². The van der Waals surface area contributed by atoms with E-state index in [-0.39, 0.29) is 17.6 Å². The molecule has 3 heterocycles. The number of aryl methyl sites for hydroxylation is 2. The highest BCUT2D eigenvalue weighted by molar-refractivity contribution is 5.92. The number of hydrogen-bond acceptors (Lipinski definition) is 4. The third kappa shape index (κ3) is 4.42. The molecule has 2 fully saturated rings. The Bertz CT molecular complexity index is 809. The van der Waals surface area contributed by atoms with Gasteiger partial charge in [0.1, 0.15) is 5.69 Å². The third-order valence-corrected chi connectivity index (χ3v) is 5.90. The maximum atomic E-state index is 12.3. The topological polar surface area (TPSA) is 54.5 Å². The maximum absolute atomic E-state index is 12.3. The minimum Gasteiger partial charge on any atom is -0.373 e. The van der Waals surface area contributed by atoms with E-state index in [1.165, 1.54) is 16.7 Å². The van der Waals surface area contributed by atoms with Crippen LogP contribution in [0.15, 0.2) is 42.6 Å². The molecule has 0 saturated carbocycles. The van der Waals surface area contributed by atoms with E-state index in [1.54, 1.807) is 12.3 Å². The predicted molar refractivity (Wildman–Crippen MR) is 109 cm³/mol.